The third-order valence-corrected chi connectivity index (χ3v) is 7.51. The average Bonchev–Trinajstić information content (AvgIpc) is 3.88. The number of carboxylic acid groups (broad SMARTS) is 6. The molecule has 0 bridgehead atoms. The molecule has 332 valence electrons. The molecule has 6 atom stereocenters. The highest BCUT2D eigenvalue weighted by atomic mass is 16.4. The van der Waals surface area contributed by atoms with Crippen LogP contribution in [0.2, 0.25) is 0 Å². The smallest absolute Gasteiger partial charge is 0.320 e. The minimum Gasteiger partial charge on any atom is -0.508 e. The second-order valence-electron chi connectivity index (χ2n) is 13.3. The van der Waals surface area contributed by atoms with Gasteiger partial charge in [-0.1, -0.05) is 26.0 Å². The molecule has 23 nitrogen and oxygen atoms in total. The molecule has 2 aliphatic rings. The largest absolute Gasteiger partial charge is 0.508 e. The van der Waals surface area contributed by atoms with Crippen molar-refractivity contribution in [3.63, 3.8) is 0 Å². The molecule has 2 aliphatic heterocycles. The number of hydrogen-bond donors (Lipinski definition) is 15. The molecule has 3 rings (SSSR count). The van der Waals surface area contributed by atoms with Crippen molar-refractivity contribution in [3.05, 3.63) is 29.8 Å². The normalized spacial score (nSPS) is 17.0. The lowest BCUT2D eigenvalue weighted by Gasteiger charge is -2.07. The molecule has 2 fully saturated rings. The first-order valence-corrected chi connectivity index (χ1v) is 18.0. The van der Waals surface area contributed by atoms with Gasteiger partial charge in [-0.3, -0.25) is 38.4 Å². The summed E-state index contributed by atoms with van der Waals surface area (Å²) in [6.07, 6.45) is 4.64. The Morgan fingerprint density at radius 1 is 0.603 bits per heavy atom. The van der Waals surface area contributed by atoms with Crippen molar-refractivity contribution in [2.24, 2.45) is 40.3 Å². The maximum atomic E-state index is 10.4. The number of nitrogens with one attached hydrogen (secondary N) is 2. The van der Waals surface area contributed by atoms with Gasteiger partial charge in [0.1, 0.15) is 42.0 Å². The Morgan fingerprint density at radius 2 is 0.948 bits per heavy atom. The number of aromatic hydroxyl groups is 1. The minimum absolute atomic E-state index is 0.0213. The Bertz CT molecular complexity index is 1340. The molecular formula is C35H62N8O15. The van der Waals surface area contributed by atoms with Crippen molar-refractivity contribution in [1.29, 1.82) is 0 Å². The quantitative estimate of drug-likeness (QED) is 0.0837. The predicted octanol–water partition coefficient (Wildman–Crippen LogP) is -2.24. The number of primary amides is 2. The zero-order chi connectivity index (χ0) is 45.5. The first-order valence-electron chi connectivity index (χ1n) is 18.0. The van der Waals surface area contributed by atoms with Gasteiger partial charge in [-0.2, -0.15) is 0 Å². The highest BCUT2D eigenvalue weighted by Gasteiger charge is 2.21. The summed E-state index contributed by atoms with van der Waals surface area (Å²) >= 11 is 0. The van der Waals surface area contributed by atoms with Crippen LogP contribution in [0.5, 0.6) is 5.75 Å². The van der Waals surface area contributed by atoms with Gasteiger partial charge in [0.05, 0.1) is 0 Å². The molecular weight excluding hydrogens is 772 g/mol. The Kier molecular flexibility index (Phi) is 32.0. The van der Waals surface area contributed by atoms with E-state index in [9.17, 15) is 38.4 Å². The standard InChI is InChI=1S/C9H11NO3.C6H13NO2.2C5H10N2O3.2C5H9NO2/c10-8(9(12)13)5-6-1-3-7(11)4-2-6;1-4(2)3-5(7)6(8)9;2*6-3(5(9)10)1-2-4(7)8;2*7-5(8)4-2-1-3-6-4/h1-4,8,11H,5,10H2,(H,12,13);4-5H,3,7H2,1-2H3,(H,8,9);2*3H,1-2,6H2,(H2,7,8)(H,9,10);2*4,6H,1-3H2,(H,7,8)/t8-;5-;2*3-;2*4-/m000000/s1. The maximum Gasteiger partial charge on any atom is 0.320 e. The fourth-order valence-corrected chi connectivity index (χ4v) is 4.22. The summed E-state index contributed by atoms with van der Waals surface area (Å²) in [5.74, 6) is -6.14. The number of carboxylic acids is 6. The summed E-state index contributed by atoms with van der Waals surface area (Å²) in [6.45, 7) is 5.61. The monoisotopic (exact) mass is 834 g/mol. The molecule has 0 spiro atoms. The Morgan fingerprint density at radius 3 is 1.16 bits per heavy atom. The molecule has 58 heavy (non-hydrogen) atoms. The van der Waals surface area contributed by atoms with Crippen molar-refractivity contribution in [1.82, 2.24) is 10.6 Å². The van der Waals surface area contributed by atoms with Crippen molar-refractivity contribution < 1.29 is 74.1 Å². The molecule has 2 heterocycles. The number of amides is 2. The number of phenolic OH excluding ortho intramolecular Hbond substituents is 1. The maximum absolute atomic E-state index is 10.4. The number of aliphatic carboxylic acids is 6. The van der Waals surface area contributed by atoms with Gasteiger partial charge < -0.3 is 80.8 Å². The predicted molar refractivity (Wildman–Crippen MR) is 208 cm³/mol. The van der Waals surface area contributed by atoms with Gasteiger partial charge in [0.15, 0.2) is 0 Å². The van der Waals surface area contributed by atoms with Crippen LogP contribution in [0.3, 0.4) is 0 Å². The van der Waals surface area contributed by atoms with Gasteiger partial charge in [-0.25, -0.2) is 0 Å². The molecule has 0 unspecified atom stereocenters. The second-order valence-corrected chi connectivity index (χ2v) is 13.3. The Hall–Kier alpha value is -5.46. The summed E-state index contributed by atoms with van der Waals surface area (Å²) in [5.41, 5.74) is 31.0. The van der Waals surface area contributed by atoms with E-state index in [4.69, 9.17) is 70.1 Å². The van der Waals surface area contributed by atoms with Crippen molar-refractivity contribution in [3.8, 4) is 5.75 Å². The Balaban J connectivity index is -0.000000631. The van der Waals surface area contributed by atoms with E-state index in [-0.39, 0.29) is 49.9 Å². The van der Waals surface area contributed by atoms with E-state index >= 15 is 0 Å². The SMILES string of the molecule is CC(C)C[C@H](N)C(=O)O.NC(=O)CC[C@H](N)C(=O)O.NC(=O)CC[C@H](N)C(=O)O.N[C@@H](Cc1ccc(O)cc1)C(=O)O.O=C(O)[C@@H]1CCCN1.O=C(O)[C@@H]1CCCN1. The third kappa shape index (κ3) is 33.8. The van der Waals surface area contributed by atoms with Crippen LogP contribution in [-0.4, -0.2) is 133 Å². The average molecular weight is 835 g/mol. The number of carbonyl (C=O) groups excluding carboxylic acids is 2. The highest BCUT2D eigenvalue weighted by molar-refractivity contribution is 5.78. The zero-order valence-electron chi connectivity index (χ0n) is 32.7. The summed E-state index contributed by atoms with van der Waals surface area (Å²) in [6, 6.07) is 2.24. The molecule has 21 N–H and O–H groups in total. The zero-order valence-corrected chi connectivity index (χ0v) is 32.7. The lowest BCUT2D eigenvalue weighted by molar-refractivity contribution is -0.140. The first-order chi connectivity index (χ1) is 26.8. The van der Waals surface area contributed by atoms with Gasteiger partial charge in [-0.05, 0) is 88.1 Å². The van der Waals surface area contributed by atoms with Gasteiger partial charge >= 0.3 is 35.8 Å². The van der Waals surface area contributed by atoms with Crippen LogP contribution in [-0.2, 0) is 44.8 Å². The molecule has 1 aromatic rings. The molecule has 0 saturated carbocycles. The van der Waals surface area contributed by atoms with Crippen LogP contribution < -0.4 is 45.0 Å². The van der Waals surface area contributed by atoms with Crippen LogP contribution >= 0.6 is 0 Å². The number of rotatable bonds is 16. The molecule has 23 heteroatoms. The van der Waals surface area contributed by atoms with E-state index in [1.165, 1.54) is 12.1 Å². The number of hydrogen-bond acceptors (Lipinski definition) is 15. The second kappa shape index (κ2) is 32.6. The third-order valence-electron chi connectivity index (χ3n) is 7.51. The fourth-order valence-electron chi connectivity index (χ4n) is 4.22. The van der Waals surface area contributed by atoms with Crippen LogP contribution in [0.15, 0.2) is 24.3 Å². The van der Waals surface area contributed by atoms with E-state index in [1.54, 1.807) is 12.1 Å². The van der Waals surface area contributed by atoms with Crippen LogP contribution in [0.4, 0.5) is 0 Å². The van der Waals surface area contributed by atoms with Crippen LogP contribution in [0.1, 0.15) is 77.2 Å². The van der Waals surface area contributed by atoms with E-state index in [1.807, 2.05) is 13.8 Å². The number of nitrogens with two attached hydrogens (primary N) is 6. The molecule has 1 aromatic carbocycles. The summed E-state index contributed by atoms with van der Waals surface area (Å²) in [5, 5.41) is 64.6. The topological polar surface area (TPSA) is 458 Å². The molecule has 0 aromatic heterocycles. The molecule has 0 radical (unpaired) electrons. The minimum atomic E-state index is -1.11. The number of phenols is 1. The van der Waals surface area contributed by atoms with E-state index in [0.717, 1.165) is 44.3 Å². The lowest BCUT2D eigenvalue weighted by Crippen LogP contribution is -2.32. The van der Waals surface area contributed by atoms with Crippen molar-refractivity contribution in [2.75, 3.05) is 13.1 Å². The summed E-state index contributed by atoms with van der Waals surface area (Å²) in [4.78, 5) is 81.1. The first kappa shape index (κ1) is 56.9. The summed E-state index contributed by atoms with van der Waals surface area (Å²) in [7, 11) is 0. The van der Waals surface area contributed by atoms with E-state index in [0.29, 0.717) is 12.3 Å². The van der Waals surface area contributed by atoms with Crippen LogP contribution in [0, 0.1) is 5.92 Å². The van der Waals surface area contributed by atoms with E-state index in [2.05, 4.69) is 10.6 Å². The highest BCUT2D eigenvalue weighted by Crippen LogP contribution is 2.11. The van der Waals surface area contributed by atoms with Gasteiger partial charge in [0, 0.05) is 12.8 Å². The van der Waals surface area contributed by atoms with Crippen molar-refractivity contribution in [2.45, 2.75) is 114 Å². The molecule has 0 aliphatic carbocycles. The van der Waals surface area contributed by atoms with Gasteiger partial charge in [0.25, 0.3) is 0 Å². The summed E-state index contributed by atoms with van der Waals surface area (Å²) < 4.78 is 0. The Labute approximate surface area is 335 Å². The number of carbonyl (C=O) groups is 8. The molecule has 2 saturated heterocycles. The van der Waals surface area contributed by atoms with Crippen molar-refractivity contribution >= 4 is 47.6 Å². The van der Waals surface area contributed by atoms with Gasteiger partial charge in [-0.15, -0.1) is 0 Å². The van der Waals surface area contributed by atoms with Crippen LogP contribution in [0.25, 0.3) is 0 Å². The molecule has 2 amide bonds. The van der Waals surface area contributed by atoms with E-state index < -0.39 is 71.8 Å². The lowest BCUT2D eigenvalue weighted by atomic mass is 10.1. The number of benzene rings is 1. The van der Waals surface area contributed by atoms with Gasteiger partial charge in [0.2, 0.25) is 11.8 Å². The fraction of sp³-hybridized carbons (Fsp3) is 0.600.